The van der Waals surface area contributed by atoms with E-state index in [1.54, 1.807) is 19.3 Å². The van der Waals surface area contributed by atoms with Gasteiger partial charge in [-0.25, -0.2) is 14.8 Å². The standard InChI is InChI=1S/C14H16N2O3S/c1-8(2)12-15-9(3)11(14(17)18)13(16-12)20-7-10-5-4-6-19-10/h4-6,8H,7H2,1-3H3,(H,17,18). The largest absolute Gasteiger partial charge is 0.478 e. The second-order valence-electron chi connectivity index (χ2n) is 4.68. The molecule has 0 unspecified atom stereocenters. The first-order chi connectivity index (χ1) is 9.49. The van der Waals surface area contributed by atoms with Crippen LogP contribution in [0.4, 0.5) is 0 Å². The van der Waals surface area contributed by atoms with Crippen LogP contribution in [0, 0.1) is 6.92 Å². The molecule has 0 radical (unpaired) electrons. The molecule has 2 rings (SSSR count). The van der Waals surface area contributed by atoms with Gasteiger partial charge in [-0.15, -0.1) is 0 Å². The molecule has 2 aromatic heterocycles. The van der Waals surface area contributed by atoms with E-state index in [0.29, 0.717) is 22.3 Å². The zero-order valence-electron chi connectivity index (χ0n) is 11.6. The van der Waals surface area contributed by atoms with Gasteiger partial charge in [0.25, 0.3) is 0 Å². The lowest BCUT2D eigenvalue weighted by molar-refractivity contribution is 0.0690. The molecule has 6 heteroatoms. The van der Waals surface area contributed by atoms with Crippen molar-refractivity contribution in [2.45, 2.75) is 37.5 Å². The first kappa shape index (κ1) is 14.6. The number of aromatic carboxylic acids is 1. The quantitative estimate of drug-likeness (QED) is 0.671. The van der Waals surface area contributed by atoms with Crippen molar-refractivity contribution in [2.24, 2.45) is 0 Å². The maximum Gasteiger partial charge on any atom is 0.340 e. The molecule has 0 spiro atoms. The molecule has 0 aliphatic rings. The highest BCUT2D eigenvalue weighted by Gasteiger charge is 2.19. The molecule has 20 heavy (non-hydrogen) atoms. The van der Waals surface area contributed by atoms with E-state index >= 15 is 0 Å². The van der Waals surface area contributed by atoms with Gasteiger partial charge in [0.2, 0.25) is 0 Å². The highest BCUT2D eigenvalue weighted by Crippen LogP contribution is 2.27. The van der Waals surface area contributed by atoms with Crippen molar-refractivity contribution in [1.82, 2.24) is 9.97 Å². The van der Waals surface area contributed by atoms with E-state index < -0.39 is 5.97 Å². The van der Waals surface area contributed by atoms with E-state index in [9.17, 15) is 9.90 Å². The number of aromatic nitrogens is 2. The predicted molar refractivity (Wildman–Crippen MR) is 76.1 cm³/mol. The molecule has 0 saturated heterocycles. The van der Waals surface area contributed by atoms with Gasteiger partial charge in [-0.05, 0) is 19.1 Å². The summed E-state index contributed by atoms with van der Waals surface area (Å²) in [7, 11) is 0. The van der Waals surface area contributed by atoms with Gasteiger partial charge in [0.05, 0.1) is 17.7 Å². The average Bonchev–Trinajstić information content (AvgIpc) is 2.88. The minimum atomic E-state index is -1.00. The van der Waals surface area contributed by atoms with E-state index in [1.807, 2.05) is 19.9 Å². The summed E-state index contributed by atoms with van der Waals surface area (Å²) in [5, 5.41) is 9.81. The molecule has 0 aliphatic heterocycles. The summed E-state index contributed by atoms with van der Waals surface area (Å²) in [6.07, 6.45) is 1.60. The SMILES string of the molecule is Cc1nc(C(C)C)nc(SCc2ccco2)c1C(=O)O. The molecule has 0 aromatic carbocycles. The fourth-order valence-electron chi connectivity index (χ4n) is 1.71. The normalized spacial score (nSPS) is 11.0. The third kappa shape index (κ3) is 3.19. The Morgan fingerprint density at radius 2 is 2.20 bits per heavy atom. The van der Waals surface area contributed by atoms with Crippen molar-refractivity contribution in [3.63, 3.8) is 0 Å². The Morgan fingerprint density at radius 3 is 2.75 bits per heavy atom. The van der Waals surface area contributed by atoms with Crippen LogP contribution in [0.25, 0.3) is 0 Å². The molecule has 0 aliphatic carbocycles. The second-order valence-corrected chi connectivity index (χ2v) is 5.64. The lowest BCUT2D eigenvalue weighted by Gasteiger charge is -2.11. The van der Waals surface area contributed by atoms with E-state index in [4.69, 9.17) is 4.42 Å². The molecule has 2 heterocycles. The number of nitrogens with zero attached hydrogens (tertiary/aromatic N) is 2. The average molecular weight is 292 g/mol. The number of carbonyl (C=O) groups is 1. The fraction of sp³-hybridized carbons (Fsp3) is 0.357. The molecule has 0 bridgehead atoms. The smallest absolute Gasteiger partial charge is 0.340 e. The Bertz CT molecular complexity index is 609. The van der Waals surface area contributed by atoms with Gasteiger partial charge < -0.3 is 9.52 Å². The summed E-state index contributed by atoms with van der Waals surface area (Å²) in [5.41, 5.74) is 0.670. The number of hydrogen-bond acceptors (Lipinski definition) is 5. The third-order valence-corrected chi connectivity index (χ3v) is 3.73. The molecule has 2 aromatic rings. The predicted octanol–water partition coefficient (Wildman–Crippen LogP) is 3.49. The minimum absolute atomic E-state index is 0.152. The van der Waals surface area contributed by atoms with Gasteiger partial charge in [0, 0.05) is 5.92 Å². The molecule has 0 atom stereocenters. The van der Waals surface area contributed by atoms with Gasteiger partial charge in [0.15, 0.2) is 0 Å². The molecule has 106 valence electrons. The maximum atomic E-state index is 11.4. The van der Waals surface area contributed by atoms with Gasteiger partial charge in [-0.2, -0.15) is 0 Å². The summed E-state index contributed by atoms with van der Waals surface area (Å²) in [6, 6.07) is 3.66. The first-order valence-electron chi connectivity index (χ1n) is 6.26. The van der Waals surface area contributed by atoms with Crippen molar-refractivity contribution >= 4 is 17.7 Å². The fourth-order valence-corrected chi connectivity index (χ4v) is 2.69. The van der Waals surface area contributed by atoms with Crippen molar-refractivity contribution in [3.8, 4) is 0 Å². The lowest BCUT2D eigenvalue weighted by atomic mass is 10.2. The molecule has 5 nitrogen and oxygen atoms in total. The highest BCUT2D eigenvalue weighted by atomic mass is 32.2. The van der Waals surface area contributed by atoms with Crippen LogP contribution in [0.3, 0.4) is 0 Å². The number of thioether (sulfide) groups is 1. The second kappa shape index (κ2) is 6.09. The van der Waals surface area contributed by atoms with Crippen molar-refractivity contribution in [3.05, 3.63) is 41.2 Å². The van der Waals surface area contributed by atoms with Crippen LogP contribution in [-0.4, -0.2) is 21.0 Å². The van der Waals surface area contributed by atoms with Crippen molar-refractivity contribution in [2.75, 3.05) is 0 Å². The summed E-state index contributed by atoms with van der Waals surface area (Å²) in [5.74, 6) is 1.14. The molecule has 0 amide bonds. The zero-order chi connectivity index (χ0) is 14.7. The Balaban J connectivity index is 2.34. The van der Waals surface area contributed by atoms with Crippen LogP contribution >= 0.6 is 11.8 Å². The molecular formula is C14H16N2O3S. The van der Waals surface area contributed by atoms with Crippen LogP contribution in [-0.2, 0) is 5.75 Å². The van der Waals surface area contributed by atoms with Crippen LogP contribution < -0.4 is 0 Å². The number of rotatable bonds is 5. The van der Waals surface area contributed by atoms with Crippen LogP contribution in [0.15, 0.2) is 27.8 Å². The van der Waals surface area contributed by atoms with Crippen LogP contribution in [0.2, 0.25) is 0 Å². The molecule has 1 N–H and O–H groups in total. The lowest BCUT2D eigenvalue weighted by Crippen LogP contribution is -2.10. The van der Waals surface area contributed by atoms with Crippen LogP contribution in [0.5, 0.6) is 0 Å². The van der Waals surface area contributed by atoms with Gasteiger partial charge in [-0.1, -0.05) is 25.6 Å². The first-order valence-corrected chi connectivity index (χ1v) is 7.24. The minimum Gasteiger partial charge on any atom is -0.478 e. The van der Waals surface area contributed by atoms with E-state index in [0.717, 1.165) is 5.76 Å². The zero-order valence-corrected chi connectivity index (χ0v) is 12.4. The van der Waals surface area contributed by atoms with Gasteiger partial charge in [0.1, 0.15) is 22.2 Å². The van der Waals surface area contributed by atoms with Crippen molar-refractivity contribution < 1.29 is 14.3 Å². The van der Waals surface area contributed by atoms with Gasteiger partial charge >= 0.3 is 5.97 Å². The topological polar surface area (TPSA) is 76.2 Å². The summed E-state index contributed by atoms with van der Waals surface area (Å²) >= 11 is 1.35. The molecular weight excluding hydrogens is 276 g/mol. The van der Waals surface area contributed by atoms with E-state index in [1.165, 1.54) is 11.8 Å². The van der Waals surface area contributed by atoms with Crippen molar-refractivity contribution in [1.29, 1.82) is 0 Å². The van der Waals surface area contributed by atoms with Crippen LogP contribution in [0.1, 0.15) is 47.4 Å². The summed E-state index contributed by atoms with van der Waals surface area (Å²) in [4.78, 5) is 20.0. The summed E-state index contributed by atoms with van der Waals surface area (Å²) in [6.45, 7) is 5.67. The number of carboxylic acids is 1. The maximum absolute atomic E-state index is 11.4. The van der Waals surface area contributed by atoms with Gasteiger partial charge in [-0.3, -0.25) is 0 Å². The van der Waals surface area contributed by atoms with E-state index in [-0.39, 0.29) is 11.5 Å². The summed E-state index contributed by atoms with van der Waals surface area (Å²) < 4.78 is 5.25. The van der Waals surface area contributed by atoms with E-state index in [2.05, 4.69) is 9.97 Å². The molecule has 0 fully saturated rings. The number of aryl methyl sites for hydroxylation is 1. The Hall–Kier alpha value is -1.82. The monoisotopic (exact) mass is 292 g/mol. The Kier molecular flexibility index (Phi) is 4.44. The third-order valence-electron chi connectivity index (χ3n) is 2.74. The molecule has 0 saturated carbocycles. The number of hydrogen-bond donors (Lipinski definition) is 1. The number of furan rings is 1. The Morgan fingerprint density at radius 1 is 1.45 bits per heavy atom. The number of carboxylic acid groups (broad SMARTS) is 1. The Labute approximate surface area is 121 Å². The highest BCUT2D eigenvalue weighted by molar-refractivity contribution is 7.98.